The molecule has 2 amide bonds. The first kappa shape index (κ1) is 21.6. The van der Waals surface area contributed by atoms with Crippen molar-refractivity contribution in [2.24, 2.45) is 4.99 Å². The van der Waals surface area contributed by atoms with Gasteiger partial charge in [0.25, 0.3) is 17.7 Å². The molecule has 0 saturated carbocycles. The summed E-state index contributed by atoms with van der Waals surface area (Å²) in [5.41, 5.74) is 2.30. The van der Waals surface area contributed by atoms with Gasteiger partial charge >= 0.3 is 0 Å². The fourth-order valence-electron chi connectivity index (χ4n) is 3.58. The number of nitrogens with zero attached hydrogens (tertiary/aromatic N) is 5. The van der Waals surface area contributed by atoms with Crippen molar-refractivity contribution in [1.82, 2.24) is 19.4 Å². The van der Waals surface area contributed by atoms with E-state index in [0.29, 0.717) is 16.8 Å². The molecule has 1 fully saturated rings. The van der Waals surface area contributed by atoms with Crippen molar-refractivity contribution >= 4 is 29.2 Å². The number of hydrogen-bond acceptors (Lipinski definition) is 3. The third-order valence-electron chi connectivity index (χ3n) is 5.35. The highest BCUT2D eigenvalue weighted by Crippen LogP contribution is 2.29. The summed E-state index contributed by atoms with van der Waals surface area (Å²) in [6.07, 6.45) is 4.12. The third kappa shape index (κ3) is 4.51. The third-order valence-corrected chi connectivity index (χ3v) is 5.35. The fourth-order valence-corrected chi connectivity index (χ4v) is 3.58. The Kier molecular flexibility index (Phi) is 5.73. The number of hydrogen-bond donors (Lipinski definition) is 0. The van der Waals surface area contributed by atoms with Crippen molar-refractivity contribution < 1.29 is 18.4 Å². The number of aliphatic imine (C=N–C) groups is 1. The van der Waals surface area contributed by atoms with Crippen LogP contribution in [0.1, 0.15) is 33.6 Å². The first-order chi connectivity index (χ1) is 15.2. The number of alkyl halides is 2. The lowest BCUT2D eigenvalue weighted by molar-refractivity contribution is -0.0494. The fraction of sp³-hybridized carbons (Fsp3) is 0.304. The quantitative estimate of drug-likeness (QED) is 0.460. The molecule has 0 spiro atoms. The van der Waals surface area contributed by atoms with E-state index in [-0.39, 0.29) is 37.7 Å². The molecule has 0 bridgehead atoms. The van der Waals surface area contributed by atoms with Crippen molar-refractivity contribution in [3.05, 3.63) is 59.9 Å². The van der Waals surface area contributed by atoms with Crippen LogP contribution in [-0.4, -0.2) is 70.6 Å². The van der Waals surface area contributed by atoms with E-state index in [2.05, 4.69) is 9.98 Å². The van der Waals surface area contributed by atoms with Crippen molar-refractivity contribution in [3.63, 3.8) is 0 Å². The Bertz CT molecular complexity index is 1170. The molecule has 166 valence electrons. The van der Waals surface area contributed by atoms with Crippen LogP contribution in [0, 0.1) is 0 Å². The predicted molar refractivity (Wildman–Crippen MR) is 118 cm³/mol. The number of amides is 2. The maximum atomic E-state index is 13.4. The lowest BCUT2D eigenvalue weighted by Crippen LogP contribution is -2.42. The van der Waals surface area contributed by atoms with Crippen LogP contribution in [0.2, 0.25) is 0 Å². The molecule has 3 aromatic rings. The highest BCUT2D eigenvalue weighted by molar-refractivity contribution is 5.99. The number of fused-ring (bicyclic) bond motifs is 1. The van der Waals surface area contributed by atoms with Crippen LogP contribution in [0.4, 0.5) is 8.78 Å². The molecule has 0 N–H and O–H groups in total. The molecule has 0 unspecified atom stereocenters. The van der Waals surface area contributed by atoms with E-state index in [1.165, 1.54) is 17.4 Å². The molecular formula is C23H23F2N5O2. The van der Waals surface area contributed by atoms with E-state index in [9.17, 15) is 18.4 Å². The monoisotopic (exact) mass is 439 g/mol. The van der Waals surface area contributed by atoms with Gasteiger partial charge in [0.05, 0.1) is 11.9 Å². The molecule has 3 heterocycles. The minimum absolute atomic E-state index is 0.0363. The number of benzene rings is 1. The van der Waals surface area contributed by atoms with Crippen molar-refractivity contribution in [3.8, 4) is 5.69 Å². The Morgan fingerprint density at radius 1 is 1.09 bits per heavy atom. The molecule has 1 aliphatic heterocycles. The lowest BCUT2D eigenvalue weighted by atomic mass is 10.1. The van der Waals surface area contributed by atoms with Gasteiger partial charge in [0.2, 0.25) is 0 Å². The highest BCUT2D eigenvalue weighted by atomic mass is 19.3. The predicted octanol–water partition coefficient (Wildman–Crippen LogP) is 3.63. The SMILES string of the molecule is CN(C)/C=N/C(=O)c1ccc(-n2ccc3cc(C(=O)N4CCC(F)(F)CC4)cnc32)cc1. The van der Waals surface area contributed by atoms with E-state index in [1.807, 2.05) is 16.8 Å². The smallest absolute Gasteiger partial charge is 0.278 e. The van der Waals surface area contributed by atoms with Crippen LogP contribution < -0.4 is 0 Å². The molecule has 7 nitrogen and oxygen atoms in total. The van der Waals surface area contributed by atoms with E-state index in [1.54, 1.807) is 49.3 Å². The van der Waals surface area contributed by atoms with Crippen molar-refractivity contribution in [2.45, 2.75) is 18.8 Å². The van der Waals surface area contributed by atoms with Gasteiger partial charge in [0, 0.05) is 69.1 Å². The minimum Gasteiger partial charge on any atom is -0.369 e. The molecule has 0 aliphatic carbocycles. The van der Waals surface area contributed by atoms with Crippen LogP contribution in [0.3, 0.4) is 0 Å². The molecule has 1 saturated heterocycles. The highest BCUT2D eigenvalue weighted by Gasteiger charge is 2.35. The van der Waals surface area contributed by atoms with Crippen LogP contribution in [0.25, 0.3) is 16.7 Å². The van der Waals surface area contributed by atoms with Gasteiger partial charge in [-0.1, -0.05) is 0 Å². The summed E-state index contributed by atoms with van der Waals surface area (Å²) in [4.78, 5) is 36.3. The van der Waals surface area contributed by atoms with E-state index < -0.39 is 5.92 Å². The van der Waals surface area contributed by atoms with Gasteiger partial charge in [-0.3, -0.25) is 9.59 Å². The number of halogens is 2. The Balaban J connectivity index is 1.53. The van der Waals surface area contributed by atoms with Crippen LogP contribution >= 0.6 is 0 Å². The molecule has 1 aliphatic rings. The number of carbonyl (C=O) groups is 2. The Labute approximate surface area is 184 Å². The largest absolute Gasteiger partial charge is 0.369 e. The number of likely N-dealkylation sites (tertiary alicyclic amines) is 1. The van der Waals surface area contributed by atoms with Crippen LogP contribution in [0.15, 0.2) is 53.8 Å². The van der Waals surface area contributed by atoms with Gasteiger partial charge in [-0.2, -0.15) is 4.99 Å². The number of pyridine rings is 1. The van der Waals surface area contributed by atoms with Gasteiger partial charge in [-0.25, -0.2) is 13.8 Å². The van der Waals surface area contributed by atoms with E-state index in [0.717, 1.165) is 11.1 Å². The second-order valence-electron chi connectivity index (χ2n) is 8.03. The minimum atomic E-state index is -2.70. The average molecular weight is 439 g/mol. The molecule has 0 radical (unpaired) electrons. The molecule has 0 atom stereocenters. The summed E-state index contributed by atoms with van der Waals surface area (Å²) in [5.74, 6) is -3.32. The number of carbonyl (C=O) groups excluding carboxylic acids is 2. The summed E-state index contributed by atoms with van der Waals surface area (Å²) in [5, 5.41) is 0.758. The zero-order valence-electron chi connectivity index (χ0n) is 17.8. The number of rotatable bonds is 4. The molecule has 32 heavy (non-hydrogen) atoms. The van der Waals surface area contributed by atoms with Crippen LogP contribution in [0.5, 0.6) is 0 Å². The molecular weight excluding hydrogens is 416 g/mol. The van der Waals surface area contributed by atoms with Crippen molar-refractivity contribution in [2.75, 3.05) is 27.2 Å². The maximum absolute atomic E-state index is 13.4. The Hall–Kier alpha value is -3.62. The number of aromatic nitrogens is 2. The molecule has 2 aromatic heterocycles. The molecule has 4 rings (SSSR count). The average Bonchev–Trinajstić information content (AvgIpc) is 3.20. The van der Waals surface area contributed by atoms with Gasteiger partial charge in [0.1, 0.15) is 5.65 Å². The Morgan fingerprint density at radius 2 is 1.78 bits per heavy atom. The topological polar surface area (TPSA) is 70.8 Å². The zero-order chi connectivity index (χ0) is 22.9. The summed E-state index contributed by atoms with van der Waals surface area (Å²) >= 11 is 0. The summed E-state index contributed by atoms with van der Waals surface area (Å²) in [7, 11) is 3.57. The lowest BCUT2D eigenvalue weighted by Gasteiger charge is -2.31. The zero-order valence-corrected chi connectivity index (χ0v) is 17.8. The van der Waals surface area contributed by atoms with Gasteiger partial charge < -0.3 is 14.4 Å². The van der Waals surface area contributed by atoms with Gasteiger partial charge in [-0.15, -0.1) is 0 Å². The van der Waals surface area contributed by atoms with Crippen molar-refractivity contribution in [1.29, 1.82) is 0 Å². The second kappa shape index (κ2) is 8.49. The normalized spacial score (nSPS) is 15.9. The van der Waals surface area contributed by atoms with E-state index in [4.69, 9.17) is 0 Å². The summed E-state index contributed by atoms with van der Waals surface area (Å²) in [6, 6.07) is 10.5. The Morgan fingerprint density at radius 3 is 2.44 bits per heavy atom. The first-order valence-electron chi connectivity index (χ1n) is 10.2. The maximum Gasteiger partial charge on any atom is 0.278 e. The first-order valence-corrected chi connectivity index (χ1v) is 10.2. The van der Waals surface area contributed by atoms with Crippen LogP contribution in [-0.2, 0) is 0 Å². The molecule has 1 aromatic carbocycles. The summed E-state index contributed by atoms with van der Waals surface area (Å²) < 4.78 is 28.6. The molecule has 9 heteroatoms. The number of piperidine rings is 1. The van der Waals surface area contributed by atoms with E-state index >= 15 is 0 Å². The second-order valence-corrected chi connectivity index (χ2v) is 8.03. The standard InChI is InChI=1S/C23H23F2N5O2/c1-28(2)15-27-21(31)16-3-5-19(6-4-16)30-10-7-17-13-18(14-26-20(17)30)22(32)29-11-8-23(24,25)9-12-29/h3-7,10,13-15H,8-9,11-12H2,1-2H3/b27-15+. The van der Waals surface area contributed by atoms with Gasteiger partial charge in [-0.05, 0) is 36.4 Å². The summed E-state index contributed by atoms with van der Waals surface area (Å²) in [6.45, 7) is 0.0725. The van der Waals surface area contributed by atoms with Gasteiger partial charge in [0.15, 0.2) is 0 Å².